The highest BCUT2D eigenvalue weighted by Gasteiger charge is 2.22. The first-order valence-electron chi connectivity index (χ1n) is 8.90. The Morgan fingerprint density at radius 3 is 2.04 bits per heavy atom. The summed E-state index contributed by atoms with van der Waals surface area (Å²) < 4.78 is 31.7. The lowest BCUT2D eigenvalue weighted by molar-refractivity contribution is -0.134. The van der Waals surface area contributed by atoms with E-state index in [2.05, 4.69) is 0 Å². The van der Waals surface area contributed by atoms with Gasteiger partial charge in [0.1, 0.15) is 0 Å². The molecular formula is C20H24N2O5S. The van der Waals surface area contributed by atoms with Gasteiger partial charge < -0.3 is 9.64 Å². The largest absolute Gasteiger partial charge is 0.452 e. The zero-order chi connectivity index (χ0) is 20.7. The van der Waals surface area contributed by atoms with Gasteiger partial charge in [-0.05, 0) is 50.2 Å². The molecule has 0 bridgehead atoms. The van der Waals surface area contributed by atoms with Gasteiger partial charge in [0.05, 0.1) is 16.1 Å². The van der Waals surface area contributed by atoms with Crippen molar-refractivity contribution in [3.63, 3.8) is 0 Å². The lowest BCUT2D eigenvalue weighted by Crippen LogP contribution is -2.34. The third-order valence-electron chi connectivity index (χ3n) is 4.31. The summed E-state index contributed by atoms with van der Waals surface area (Å²) in [7, 11) is -2.29. The lowest BCUT2D eigenvalue weighted by Gasteiger charge is -2.19. The fourth-order valence-corrected chi connectivity index (χ4v) is 3.77. The molecule has 150 valence electrons. The van der Waals surface area contributed by atoms with Crippen LogP contribution in [-0.2, 0) is 19.6 Å². The Hall–Kier alpha value is -2.87. The van der Waals surface area contributed by atoms with E-state index in [9.17, 15) is 18.0 Å². The van der Waals surface area contributed by atoms with Crippen LogP contribution < -0.4 is 4.31 Å². The second kappa shape index (κ2) is 9.36. The number of anilines is 1. The van der Waals surface area contributed by atoms with Gasteiger partial charge in [-0.15, -0.1) is 0 Å². The van der Waals surface area contributed by atoms with Gasteiger partial charge in [0.25, 0.3) is 15.9 Å². The van der Waals surface area contributed by atoms with Crippen LogP contribution in [0.4, 0.5) is 5.69 Å². The number of nitrogens with zero attached hydrogens (tertiary/aromatic N) is 2. The molecule has 2 rings (SSSR count). The van der Waals surface area contributed by atoms with Crippen molar-refractivity contribution in [3.05, 3.63) is 60.2 Å². The van der Waals surface area contributed by atoms with E-state index in [4.69, 9.17) is 4.74 Å². The first-order valence-corrected chi connectivity index (χ1v) is 10.3. The number of benzene rings is 2. The molecule has 0 heterocycles. The van der Waals surface area contributed by atoms with Crippen molar-refractivity contribution < 1.29 is 22.7 Å². The van der Waals surface area contributed by atoms with Crippen LogP contribution in [0.2, 0.25) is 0 Å². The number of carbonyl (C=O) groups excluding carboxylic acids is 2. The Morgan fingerprint density at radius 2 is 1.50 bits per heavy atom. The number of hydrogen-bond donors (Lipinski definition) is 0. The number of hydrogen-bond acceptors (Lipinski definition) is 5. The Kier molecular flexibility index (Phi) is 7.17. The van der Waals surface area contributed by atoms with Gasteiger partial charge in [-0.25, -0.2) is 13.2 Å². The van der Waals surface area contributed by atoms with Gasteiger partial charge >= 0.3 is 5.97 Å². The molecule has 0 radical (unpaired) electrons. The van der Waals surface area contributed by atoms with Crippen LogP contribution in [-0.4, -0.2) is 51.9 Å². The molecule has 2 aromatic carbocycles. The van der Waals surface area contributed by atoms with Crippen molar-refractivity contribution in [3.8, 4) is 0 Å². The average Bonchev–Trinajstić information content (AvgIpc) is 2.73. The summed E-state index contributed by atoms with van der Waals surface area (Å²) in [6.07, 6.45) is 0. The number of esters is 1. The van der Waals surface area contributed by atoms with Crippen LogP contribution in [0.3, 0.4) is 0 Å². The second-order valence-corrected chi connectivity index (χ2v) is 7.94. The molecule has 0 fully saturated rings. The fraction of sp³-hybridized carbons (Fsp3) is 0.300. The molecule has 1 amide bonds. The third-order valence-corrected chi connectivity index (χ3v) is 6.11. The normalized spacial score (nSPS) is 11.0. The summed E-state index contributed by atoms with van der Waals surface area (Å²) in [4.78, 5) is 25.6. The highest BCUT2D eigenvalue weighted by atomic mass is 32.2. The SMILES string of the molecule is CCN(CC)C(=O)COC(=O)c1ccc(S(=O)(=O)N(C)c2ccccc2)cc1. The molecular weight excluding hydrogens is 380 g/mol. The number of sulfonamides is 1. The molecule has 0 saturated carbocycles. The predicted molar refractivity (Wildman–Crippen MR) is 107 cm³/mol. The standard InChI is InChI=1S/C20H24N2O5S/c1-4-22(5-2)19(23)15-27-20(24)16-11-13-18(14-12-16)28(25,26)21(3)17-9-7-6-8-10-17/h6-14H,4-5,15H2,1-3H3. The molecule has 7 nitrogen and oxygen atoms in total. The average molecular weight is 404 g/mol. The number of rotatable bonds is 8. The Morgan fingerprint density at radius 1 is 0.929 bits per heavy atom. The Bertz CT molecular complexity index is 907. The van der Waals surface area contributed by atoms with E-state index in [1.807, 2.05) is 13.8 Å². The van der Waals surface area contributed by atoms with E-state index in [0.29, 0.717) is 18.8 Å². The van der Waals surface area contributed by atoms with Gasteiger partial charge in [-0.2, -0.15) is 0 Å². The minimum atomic E-state index is -3.76. The van der Waals surface area contributed by atoms with E-state index in [0.717, 1.165) is 0 Å². The minimum absolute atomic E-state index is 0.0506. The maximum absolute atomic E-state index is 12.7. The van der Waals surface area contributed by atoms with E-state index in [1.165, 1.54) is 35.6 Å². The Balaban J connectivity index is 2.08. The second-order valence-electron chi connectivity index (χ2n) is 5.97. The molecule has 0 spiro atoms. The van der Waals surface area contributed by atoms with Crippen molar-refractivity contribution in [2.24, 2.45) is 0 Å². The van der Waals surface area contributed by atoms with Crippen molar-refractivity contribution in [2.45, 2.75) is 18.7 Å². The first-order chi connectivity index (χ1) is 13.3. The molecule has 0 aromatic heterocycles. The smallest absolute Gasteiger partial charge is 0.338 e. The summed E-state index contributed by atoms with van der Waals surface area (Å²) in [6, 6.07) is 14.1. The third kappa shape index (κ3) is 4.89. The van der Waals surface area contributed by atoms with Crippen molar-refractivity contribution in [1.29, 1.82) is 0 Å². The summed E-state index contributed by atoms with van der Waals surface area (Å²) >= 11 is 0. The van der Waals surface area contributed by atoms with Crippen molar-refractivity contribution in [2.75, 3.05) is 31.0 Å². The summed E-state index contributed by atoms with van der Waals surface area (Å²) in [5.74, 6) is -0.956. The number of amides is 1. The van der Waals surface area contributed by atoms with Crippen LogP contribution >= 0.6 is 0 Å². The minimum Gasteiger partial charge on any atom is -0.452 e. The van der Waals surface area contributed by atoms with E-state index in [1.54, 1.807) is 35.2 Å². The van der Waals surface area contributed by atoms with Gasteiger partial charge in [0, 0.05) is 20.1 Å². The molecule has 8 heteroatoms. The van der Waals surface area contributed by atoms with Gasteiger partial charge in [-0.3, -0.25) is 9.10 Å². The van der Waals surface area contributed by atoms with Gasteiger partial charge in [0.2, 0.25) is 0 Å². The van der Waals surface area contributed by atoms with Crippen LogP contribution in [0.15, 0.2) is 59.5 Å². The summed E-state index contributed by atoms with van der Waals surface area (Å²) in [5, 5.41) is 0. The molecule has 0 saturated heterocycles. The summed E-state index contributed by atoms with van der Waals surface area (Å²) in [6.45, 7) is 4.41. The number of para-hydroxylation sites is 1. The molecule has 0 atom stereocenters. The quantitative estimate of drug-likeness (QED) is 0.632. The Labute approximate surface area is 165 Å². The highest BCUT2D eigenvalue weighted by Crippen LogP contribution is 2.22. The zero-order valence-corrected chi connectivity index (χ0v) is 17.0. The van der Waals surface area contributed by atoms with Gasteiger partial charge in [0.15, 0.2) is 6.61 Å². The zero-order valence-electron chi connectivity index (χ0n) is 16.2. The van der Waals surface area contributed by atoms with Crippen molar-refractivity contribution >= 4 is 27.6 Å². The van der Waals surface area contributed by atoms with Crippen LogP contribution in [0.25, 0.3) is 0 Å². The highest BCUT2D eigenvalue weighted by molar-refractivity contribution is 7.92. The maximum atomic E-state index is 12.7. The maximum Gasteiger partial charge on any atom is 0.338 e. The lowest BCUT2D eigenvalue weighted by atomic mass is 10.2. The van der Waals surface area contributed by atoms with Crippen LogP contribution in [0.5, 0.6) is 0 Å². The summed E-state index contributed by atoms with van der Waals surface area (Å²) in [5.41, 5.74) is 0.703. The molecule has 0 aliphatic rings. The van der Waals surface area contributed by atoms with Crippen molar-refractivity contribution in [1.82, 2.24) is 4.90 Å². The first kappa shape index (κ1) is 21.4. The number of likely N-dealkylation sites (N-methyl/N-ethyl adjacent to an activating group) is 1. The molecule has 0 N–H and O–H groups in total. The molecule has 0 aliphatic carbocycles. The van der Waals surface area contributed by atoms with E-state index < -0.39 is 16.0 Å². The van der Waals surface area contributed by atoms with Crippen LogP contribution in [0.1, 0.15) is 24.2 Å². The van der Waals surface area contributed by atoms with Crippen LogP contribution in [0, 0.1) is 0 Å². The van der Waals surface area contributed by atoms with Gasteiger partial charge in [-0.1, -0.05) is 18.2 Å². The fourth-order valence-electron chi connectivity index (χ4n) is 2.58. The molecule has 0 aliphatic heterocycles. The predicted octanol–water partition coefficient (Wildman–Crippen LogP) is 2.54. The molecule has 2 aromatic rings. The monoisotopic (exact) mass is 404 g/mol. The number of ether oxygens (including phenoxy) is 1. The van der Waals surface area contributed by atoms with E-state index in [-0.39, 0.29) is 23.0 Å². The molecule has 28 heavy (non-hydrogen) atoms. The van der Waals surface area contributed by atoms with E-state index >= 15 is 0 Å². The topological polar surface area (TPSA) is 84.0 Å². The molecule has 0 unspecified atom stereocenters. The number of carbonyl (C=O) groups is 2.